The summed E-state index contributed by atoms with van der Waals surface area (Å²) in [6.45, 7) is 4.71. The Balaban J connectivity index is 1.66. The lowest BCUT2D eigenvalue weighted by Gasteiger charge is -2.34. The summed E-state index contributed by atoms with van der Waals surface area (Å²) in [6.07, 6.45) is 11.1. The topological polar surface area (TPSA) is 38.3 Å². The molecule has 2 fully saturated rings. The number of hydrogen-bond donors (Lipinski definition) is 1. The molecule has 2 saturated carbocycles. The van der Waals surface area contributed by atoms with Crippen molar-refractivity contribution in [2.45, 2.75) is 83.7 Å². The Labute approximate surface area is 123 Å². The molecule has 0 heterocycles. The molecule has 0 bridgehead atoms. The third kappa shape index (κ3) is 4.47. The summed E-state index contributed by atoms with van der Waals surface area (Å²) >= 11 is 0. The summed E-state index contributed by atoms with van der Waals surface area (Å²) in [4.78, 5) is 11.7. The van der Waals surface area contributed by atoms with Gasteiger partial charge in [0.25, 0.3) is 0 Å². The minimum absolute atomic E-state index is 0.0226. The van der Waals surface area contributed by atoms with E-state index in [9.17, 15) is 4.79 Å². The van der Waals surface area contributed by atoms with E-state index in [4.69, 9.17) is 4.74 Å². The quantitative estimate of drug-likeness (QED) is 0.781. The summed E-state index contributed by atoms with van der Waals surface area (Å²) in [7, 11) is 0. The molecule has 0 atom stereocenters. The normalized spacial score (nSPS) is 34.7. The van der Waals surface area contributed by atoms with Crippen LogP contribution in [0.3, 0.4) is 0 Å². The van der Waals surface area contributed by atoms with E-state index in [0.29, 0.717) is 12.6 Å². The molecule has 0 saturated heterocycles. The van der Waals surface area contributed by atoms with E-state index in [0.717, 1.165) is 37.6 Å². The molecule has 0 unspecified atom stereocenters. The van der Waals surface area contributed by atoms with Crippen LogP contribution in [0, 0.1) is 11.8 Å². The number of nitrogens with one attached hydrogen (secondary N) is 1. The highest BCUT2D eigenvalue weighted by Crippen LogP contribution is 2.29. The lowest BCUT2D eigenvalue weighted by Crippen LogP contribution is -2.43. The van der Waals surface area contributed by atoms with E-state index in [2.05, 4.69) is 12.2 Å². The van der Waals surface area contributed by atoms with Gasteiger partial charge in [-0.15, -0.1) is 0 Å². The molecular formula is C17H31NO2. The van der Waals surface area contributed by atoms with Crippen molar-refractivity contribution in [3.63, 3.8) is 0 Å². The standard InChI is InChI=1S/C17H31NO2/c1-3-13-5-9-15(10-6-13)18-16-11-7-14(8-12-16)17(19)20-4-2/h13-16,18H,3-12H2,1-2H3. The third-order valence-corrected chi connectivity index (χ3v) is 5.24. The molecule has 0 amide bonds. The van der Waals surface area contributed by atoms with Crippen LogP contribution in [0.25, 0.3) is 0 Å². The van der Waals surface area contributed by atoms with Crippen molar-refractivity contribution in [1.82, 2.24) is 5.32 Å². The van der Waals surface area contributed by atoms with Crippen LogP contribution in [-0.4, -0.2) is 24.7 Å². The Hall–Kier alpha value is -0.570. The fourth-order valence-corrected chi connectivity index (χ4v) is 3.83. The van der Waals surface area contributed by atoms with Crippen LogP contribution in [0.5, 0.6) is 0 Å². The molecule has 0 radical (unpaired) electrons. The molecule has 0 aliphatic heterocycles. The second-order valence-corrected chi connectivity index (χ2v) is 6.59. The van der Waals surface area contributed by atoms with E-state index in [1.807, 2.05) is 6.92 Å². The molecule has 2 aliphatic rings. The van der Waals surface area contributed by atoms with Gasteiger partial charge in [0.2, 0.25) is 0 Å². The average molecular weight is 281 g/mol. The van der Waals surface area contributed by atoms with Gasteiger partial charge in [-0.3, -0.25) is 4.79 Å². The maximum absolute atomic E-state index is 11.7. The maximum atomic E-state index is 11.7. The number of rotatable bonds is 5. The molecule has 0 aromatic heterocycles. The van der Waals surface area contributed by atoms with Crippen LogP contribution >= 0.6 is 0 Å². The van der Waals surface area contributed by atoms with Crippen LogP contribution in [0.4, 0.5) is 0 Å². The summed E-state index contributed by atoms with van der Waals surface area (Å²) in [5, 5.41) is 3.84. The lowest BCUT2D eigenvalue weighted by atomic mass is 9.82. The predicted molar refractivity (Wildman–Crippen MR) is 81.6 cm³/mol. The minimum Gasteiger partial charge on any atom is -0.466 e. The molecule has 116 valence electrons. The van der Waals surface area contributed by atoms with Crippen LogP contribution in [-0.2, 0) is 9.53 Å². The van der Waals surface area contributed by atoms with Crippen LogP contribution in [0.1, 0.15) is 71.6 Å². The molecule has 2 rings (SSSR count). The zero-order valence-electron chi connectivity index (χ0n) is 13.2. The first-order valence-electron chi connectivity index (χ1n) is 8.65. The molecule has 20 heavy (non-hydrogen) atoms. The Morgan fingerprint density at radius 3 is 2.00 bits per heavy atom. The van der Waals surface area contributed by atoms with Gasteiger partial charge < -0.3 is 10.1 Å². The van der Waals surface area contributed by atoms with E-state index in [1.165, 1.54) is 32.1 Å². The average Bonchev–Trinajstić information content (AvgIpc) is 2.49. The molecular weight excluding hydrogens is 250 g/mol. The van der Waals surface area contributed by atoms with E-state index in [1.54, 1.807) is 0 Å². The highest BCUT2D eigenvalue weighted by atomic mass is 16.5. The van der Waals surface area contributed by atoms with E-state index < -0.39 is 0 Å². The van der Waals surface area contributed by atoms with Crippen molar-refractivity contribution in [2.24, 2.45) is 11.8 Å². The predicted octanol–water partition coefficient (Wildman–Crippen LogP) is 3.67. The van der Waals surface area contributed by atoms with Gasteiger partial charge in [-0.2, -0.15) is 0 Å². The lowest BCUT2D eigenvalue weighted by molar-refractivity contribution is -0.149. The Morgan fingerprint density at radius 2 is 1.50 bits per heavy atom. The molecule has 1 N–H and O–H groups in total. The maximum Gasteiger partial charge on any atom is 0.308 e. The van der Waals surface area contributed by atoms with E-state index >= 15 is 0 Å². The summed E-state index contributed by atoms with van der Waals surface area (Å²) < 4.78 is 5.13. The van der Waals surface area contributed by atoms with Gasteiger partial charge in [0.15, 0.2) is 0 Å². The minimum atomic E-state index is 0.0226. The number of carbonyl (C=O) groups excluding carboxylic acids is 1. The van der Waals surface area contributed by atoms with Crippen molar-refractivity contribution in [1.29, 1.82) is 0 Å². The van der Waals surface area contributed by atoms with Gasteiger partial charge in [0, 0.05) is 12.1 Å². The fraction of sp³-hybridized carbons (Fsp3) is 0.941. The highest BCUT2D eigenvalue weighted by molar-refractivity contribution is 5.72. The number of carbonyl (C=O) groups is 1. The van der Waals surface area contributed by atoms with E-state index in [-0.39, 0.29) is 11.9 Å². The molecule has 2 aliphatic carbocycles. The third-order valence-electron chi connectivity index (χ3n) is 5.24. The van der Waals surface area contributed by atoms with Gasteiger partial charge in [0.05, 0.1) is 12.5 Å². The van der Waals surface area contributed by atoms with Crippen molar-refractivity contribution in [3.05, 3.63) is 0 Å². The summed E-state index contributed by atoms with van der Waals surface area (Å²) in [5.41, 5.74) is 0. The summed E-state index contributed by atoms with van der Waals surface area (Å²) in [5.74, 6) is 1.14. The van der Waals surface area contributed by atoms with Gasteiger partial charge in [-0.1, -0.05) is 13.3 Å². The van der Waals surface area contributed by atoms with Crippen LogP contribution in [0.15, 0.2) is 0 Å². The highest BCUT2D eigenvalue weighted by Gasteiger charge is 2.29. The molecule has 0 aromatic carbocycles. The molecule has 3 nitrogen and oxygen atoms in total. The van der Waals surface area contributed by atoms with Crippen molar-refractivity contribution >= 4 is 5.97 Å². The number of ether oxygens (including phenoxy) is 1. The van der Waals surface area contributed by atoms with Gasteiger partial charge in [-0.25, -0.2) is 0 Å². The Kier molecular flexibility index (Phi) is 6.34. The Morgan fingerprint density at radius 1 is 0.950 bits per heavy atom. The fourth-order valence-electron chi connectivity index (χ4n) is 3.83. The molecule has 0 spiro atoms. The van der Waals surface area contributed by atoms with Gasteiger partial charge in [-0.05, 0) is 64.2 Å². The monoisotopic (exact) mass is 281 g/mol. The van der Waals surface area contributed by atoms with Crippen molar-refractivity contribution < 1.29 is 9.53 Å². The number of hydrogen-bond acceptors (Lipinski definition) is 3. The van der Waals surface area contributed by atoms with Crippen LogP contribution < -0.4 is 5.32 Å². The van der Waals surface area contributed by atoms with Crippen molar-refractivity contribution in [3.8, 4) is 0 Å². The second-order valence-electron chi connectivity index (χ2n) is 6.59. The van der Waals surface area contributed by atoms with Gasteiger partial charge >= 0.3 is 5.97 Å². The zero-order valence-corrected chi connectivity index (χ0v) is 13.2. The van der Waals surface area contributed by atoms with Gasteiger partial charge in [0.1, 0.15) is 0 Å². The molecule has 0 aromatic rings. The Bertz CT molecular complexity index is 289. The molecule has 3 heteroatoms. The second kappa shape index (κ2) is 8.02. The first-order chi connectivity index (χ1) is 9.72. The first-order valence-corrected chi connectivity index (χ1v) is 8.65. The SMILES string of the molecule is CCOC(=O)C1CCC(NC2CCC(CC)CC2)CC1. The zero-order chi connectivity index (χ0) is 14.4. The first kappa shape index (κ1) is 15.8. The smallest absolute Gasteiger partial charge is 0.308 e. The summed E-state index contributed by atoms with van der Waals surface area (Å²) in [6, 6.07) is 1.35. The van der Waals surface area contributed by atoms with Crippen LogP contribution in [0.2, 0.25) is 0 Å². The largest absolute Gasteiger partial charge is 0.466 e. The number of esters is 1. The van der Waals surface area contributed by atoms with Crippen molar-refractivity contribution in [2.75, 3.05) is 6.61 Å².